The minimum absolute atomic E-state index is 0.0614. The molecule has 3 amide bonds. The fourth-order valence-electron chi connectivity index (χ4n) is 3.44. The number of nitrogens with one attached hydrogen (secondary N) is 2. The Kier molecular flexibility index (Phi) is 9.37. The molecule has 186 valence electrons. The van der Waals surface area contributed by atoms with Gasteiger partial charge in [-0.25, -0.2) is 5.43 Å². The maximum absolute atomic E-state index is 12.7. The molecule has 0 bridgehead atoms. The Morgan fingerprint density at radius 3 is 2.51 bits per heavy atom. The second kappa shape index (κ2) is 12.7. The number of amides is 3. The minimum atomic E-state index is -0.748. The van der Waals surface area contributed by atoms with Gasteiger partial charge in [-0.15, -0.1) is 0 Å². The van der Waals surface area contributed by atoms with E-state index in [1.54, 1.807) is 41.3 Å². The fourth-order valence-corrected chi connectivity index (χ4v) is 3.44. The molecular formula is C26H32N4O5. The van der Waals surface area contributed by atoms with Crippen molar-refractivity contribution >= 4 is 23.9 Å². The predicted molar refractivity (Wildman–Crippen MR) is 132 cm³/mol. The zero-order valence-electron chi connectivity index (χ0n) is 20.3. The largest absolute Gasteiger partial charge is 0.484 e. The summed E-state index contributed by atoms with van der Waals surface area (Å²) in [4.78, 5) is 39.2. The van der Waals surface area contributed by atoms with Gasteiger partial charge in [-0.1, -0.05) is 43.7 Å². The number of nitrogens with zero attached hydrogens (tertiary/aromatic N) is 2. The number of carbonyl (C=O) groups is 3. The van der Waals surface area contributed by atoms with Crippen LogP contribution in [0.1, 0.15) is 35.3 Å². The molecule has 0 aliphatic carbocycles. The van der Waals surface area contributed by atoms with Crippen LogP contribution in [0.4, 0.5) is 0 Å². The highest BCUT2D eigenvalue weighted by atomic mass is 16.5. The van der Waals surface area contributed by atoms with E-state index in [0.717, 1.165) is 5.56 Å². The number of aryl methyl sites for hydroxylation is 1. The number of ether oxygens (including phenoxy) is 2. The lowest BCUT2D eigenvalue weighted by Gasteiger charge is -2.26. The van der Waals surface area contributed by atoms with Crippen LogP contribution in [-0.4, -0.2) is 67.8 Å². The summed E-state index contributed by atoms with van der Waals surface area (Å²) in [5.74, 6) is -0.445. The number of hydrazone groups is 1. The van der Waals surface area contributed by atoms with Gasteiger partial charge in [-0.2, -0.15) is 5.10 Å². The van der Waals surface area contributed by atoms with E-state index in [9.17, 15) is 14.4 Å². The molecule has 9 nitrogen and oxygen atoms in total. The number of carbonyl (C=O) groups excluding carboxylic acids is 3. The van der Waals surface area contributed by atoms with Crippen LogP contribution in [0.15, 0.2) is 53.6 Å². The molecule has 0 spiro atoms. The molecule has 1 heterocycles. The first-order chi connectivity index (χ1) is 16.8. The average molecular weight is 481 g/mol. The fraction of sp³-hybridized carbons (Fsp3) is 0.385. The summed E-state index contributed by atoms with van der Waals surface area (Å²) >= 11 is 0. The molecule has 9 heteroatoms. The van der Waals surface area contributed by atoms with Gasteiger partial charge in [0.1, 0.15) is 11.8 Å². The minimum Gasteiger partial charge on any atom is -0.484 e. The second-order valence-electron chi connectivity index (χ2n) is 8.65. The molecular weight excluding hydrogens is 448 g/mol. The number of hydrogen-bond donors (Lipinski definition) is 2. The van der Waals surface area contributed by atoms with Gasteiger partial charge in [0.25, 0.3) is 17.7 Å². The molecule has 3 rings (SSSR count). The topological polar surface area (TPSA) is 109 Å². The number of hydrogen-bond acceptors (Lipinski definition) is 6. The van der Waals surface area contributed by atoms with Crippen molar-refractivity contribution in [3.8, 4) is 5.75 Å². The molecule has 1 saturated heterocycles. The summed E-state index contributed by atoms with van der Waals surface area (Å²) in [7, 11) is 0. The molecule has 2 aromatic rings. The molecule has 1 fully saturated rings. The van der Waals surface area contributed by atoms with Gasteiger partial charge in [0.2, 0.25) is 0 Å². The molecule has 35 heavy (non-hydrogen) atoms. The number of morpholine rings is 1. The zero-order chi connectivity index (χ0) is 25.2. The molecule has 0 radical (unpaired) electrons. The third kappa shape index (κ3) is 7.92. The highest BCUT2D eigenvalue weighted by Gasteiger charge is 2.24. The third-order valence-corrected chi connectivity index (χ3v) is 5.52. The van der Waals surface area contributed by atoms with Crippen molar-refractivity contribution in [1.82, 2.24) is 15.6 Å². The smallest absolute Gasteiger partial charge is 0.262 e. The lowest BCUT2D eigenvalue weighted by atomic mass is 10.0. The summed E-state index contributed by atoms with van der Waals surface area (Å²) in [5, 5.41) is 6.80. The van der Waals surface area contributed by atoms with Crippen LogP contribution < -0.4 is 15.5 Å². The van der Waals surface area contributed by atoms with Gasteiger partial charge >= 0.3 is 0 Å². The van der Waals surface area contributed by atoms with E-state index in [0.29, 0.717) is 43.2 Å². The van der Waals surface area contributed by atoms with Crippen molar-refractivity contribution in [3.63, 3.8) is 0 Å². The first-order valence-electron chi connectivity index (χ1n) is 11.6. The van der Waals surface area contributed by atoms with Crippen LogP contribution in [0.2, 0.25) is 0 Å². The maximum Gasteiger partial charge on any atom is 0.262 e. The summed E-state index contributed by atoms with van der Waals surface area (Å²) < 4.78 is 10.9. The predicted octanol–water partition coefficient (Wildman–Crippen LogP) is 2.14. The number of benzene rings is 2. The summed E-state index contributed by atoms with van der Waals surface area (Å²) in [6.45, 7) is 7.79. The Balaban J connectivity index is 1.53. The third-order valence-electron chi connectivity index (χ3n) is 5.52. The van der Waals surface area contributed by atoms with Crippen LogP contribution in [0.3, 0.4) is 0 Å². The lowest BCUT2D eigenvalue weighted by molar-refractivity contribution is -0.137. The van der Waals surface area contributed by atoms with E-state index in [1.165, 1.54) is 6.21 Å². The highest BCUT2D eigenvalue weighted by molar-refractivity contribution is 5.97. The van der Waals surface area contributed by atoms with Crippen molar-refractivity contribution in [2.24, 2.45) is 11.0 Å². The molecule has 1 atom stereocenters. The van der Waals surface area contributed by atoms with Crippen molar-refractivity contribution < 1.29 is 23.9 Å². The summed E-state index contributed by atoms with van der Waals surface area (Å²) in [5.41, 5.74) is 4.72. The normalized spacial score (nSPS) is 14.6. The average Bonchev–Trinajstić information content (AvgIpc) is 2.86. The van der Waals surface area contributed by atoms with Gasteiger partial charge in [0.15, 0.2) is 6.61 Å². The van der Waals surface area contributed by atoms with Crippen LogP contribution in [0.5, 0.6) is 5.75 Å². The Hall–Kier alpha value is -3.72. The SMILES string of the molecule is Cc1ccc(C(=O)NC(C(=O)N/N=C\c2cccc(OCC(=O)N3CCOCC3)c2)C(C)C)cc1. The first kappa shape index (κ1) is 25.9. The second-order valence-corrected chi connectivity index (χ2v) is 8.65. The lowest BCUT2D eigenvalue weighted by Crippen LogP contribution is -2.48. The van der Waals surface area contributed by atoms with E-state index >= 15 is 0 Å². The molecule has 1 aliphatic rings. The van der Waals surface area contributed by atoms with Crippen LogP contribution in [0, 0.1) is 12.8 Å². The molecule has 1 unspecified atom stereocenters. The Labute approximate surface area is 205 Å². The molecule has 2 N–H and O–H groups in total. The Morgan fingerprint density at radius 1 is 1.11 bits per heavy atom. The van der Waals surface area contributed by atoms with Crippen molar-refractivity contribution in [2.75, 3.05) is 32.9 Å². The van der Waals surface area contributed by atoms with Crippen LogP contribution >= 0.6 is 0 Å². The van der Waals surface area contributed by atoms with Gasteiger partial charge in [0, 0.05) is 18.7 Å². The maximum atomic E-state index is 12.7. The van der Waals surface area contributed by atoms with Crippen molar-refractivity contribution in [2.45, 2.75) is 26.8 Å². The van der Waals surface area contributed by atoms with Crippen LogP contribution in [0.25, 0.3) is 0 Å². The summed E-state index contributed by atoms with van der Waals surface area (Å²) in [6.07, 6.45) is 1.48. The van der Waals surface area contributed by atoms with E-state index in [1.807, 2.05) is 32.9 Å². The van der Waals surface area contributed by atoms with Gasteiger partial charge in [0.05, 0.1) is 19.4 Å². The van der Waals surface area contributed by atoms with Gasteiger partial charge < -0.3 is 19.7 Å². The van der Waals surface area contributed by atoms with E-state index in [2.05, 4.69) is 15.8 Å². The summed E-state index contributed by atoms with van der Waals surface area (Å²) in [6, 6.07) is 13.4. The molecule has 2 aromatic carbocycles. The van der Waals surface area contributed by atoms with Gasteiger partial charge in [-0.3, -0.25) is 14.4 Å². The quantitative estimate of drug-likeness (QED) is 0.422. The molecule has 1 aliphatic heterocycles. The molecule has 0 aromatic heterocycles. The van der Waals surface area contributed by atoms with E-state index < -0.39 is 11.9 Å². The number of rotatable bonds is 9. The standard InChI is InChI=1S/C26H32N4O5/c1-18(2)24(28-25(32)21-9-7-19(3)8-10-21)26(33)29-27-16-20-5-4-6-22(15-20)35-17-23(31)30-11-13-34-14-12-30/h4-10,15-16,18,24H,11-14,17H2,1-3H3,(H,28,32)(H,29,33)/b27-16-. The highest BCUT2D eigenvalue weighted by Crippen LogP contribution is 2.13. The monoisotopic (exact) mass is 480 g/mol. The van der Waals surface area contributed by atoms with Gasteiger partial charge in [-0.05, 0) is 42.7 Å². The molecule has 0 saturated carbocycles. The first-order valence-corrected chi connectivity index (χ1v) is 11.6. The Morgan fingerprint density at radius 2 is 1.83 bits per heavy atom. The van der Waals surface area contributed by atoms with Crippen LogP contribution in [-0.2, 0) is 14.3 Å². The zero-order valence-corrected chi connectivity index (χ0v) is 20.3. The van der Waals surface area contributed by atoms with E-state index in [4.69, 9.17) is 9.47 Å². The van der Waals surface area contributed by atoms with Crippen molar-refractivity contribution in [3.05, 3.63) is 65.2 Å². The van der Waals surface area contributed by atoms with Crippen molar-refractivity contribution in [1.29, 1.82) is 0 Å². The van der Waals surface area contributed by atoms with E-state index in [-0.39, 0.29) is 24.3 Å². The Bertz CT molecular complexity index is 1050.